The van der Waals surface area contributed by atoms with E-state index in [-0.39, 0.29) is 0 Å². The number of rotatable bonds is 4. The Hall–Kier alpha value is -2.89. The highest BCUT2D eigenvalue weighted by molar-refractivity contribution is 5.70. The van der Waals surface area contributed by atoms with Crippen molar-refractivity contribution in [1.29, 1.82) is 5.26 Å². The summed E-state index contributed by atoms with van der Waals surface area (Å²) in [6, 6.07) is 27.6. The summed E-state index contributed by atoms with van der Waals surface area (Å²) in [7, 11) is 4.20. The molecule has 0 N–H and O–H groups in total. The predicted molar refractivity (Wildman–Crippen MR) is 104 cm³/mol. The molecule has 1 atom stereocenters. The van der Waals surface area contributed by atoms with Crippen LogP contribution in [0.4, 0.5) is 0 Å². The smallest absolute Gasteiger partial charge is 0.0991 e. The minimum atomic E-state index is 0.410. The Morgan fingerprint density at radius 1 is 0.680 bits per heavy atom. The van der Waals surface area contributed by atoms with Gasteiger partial charge in [-0.25, -0.2) is 0 Å². The van der Waals surface area contributed by atoms with Gasteiger partial charge >= 0.3 is 0 Å². The van der Waals surface area contributed by atoms with Crippen LogP contribution < -0.4 is 0 Å². The molecule has 2 heteroatoms. The van der Waals surface area contributed by atoms with Gasteiger partial charge in [0.25, 0.3) is 0 Å². The Labute approximate surface area is 150 Å². The van der Waals surface area contributed by atoms with Crippen LogP contribution in [0.25, 0.3) is 22.3 Å². The van der Waals surface area contributed by atoms with Crippen molar-refractivity contribution >= 4 is 0 Å². The van der Waals surface area contributed by atoms with E-state index in [1.165, 1.54) is 16.7 Å². The lowest BCUT2D eigenvalue weighted by molar-refractivity contribution is 0.321. The number of hydrogen-bond donors (Lipinski definition) is 0. The molecule has 0 bridgehead atoms. The maximum atomic E-state index is 8.89. The van der Waals surface area contributed by atoms with E-state index in [1.807, 2.05) is 24.3 Å². The van der Waals surface area contributed by atoms with E-state index in [2.05, 4.69) is 80.5 Å². The summed E-state index contributed by atoms with van der Waals surface area (Å²) in [5, 5.41) is 8.89. The number of benzene rings is 3. The first-order valence-corrected chi connectivity index (χ1v) is 8.46. The van der Waals surface area contributed by atoms with Crippen molar-refractivity contribution in [2.45, 2.75) is 13.0 Å². The molecule has 1 unspecified atom stereocenters. The van der Waals surface area contributed by atoms with Crippen molar-refractivity contribution in [2.75, 3.05) is 14.1 Å². The Morgan fingerprint density at radius 3 is 1.40 bits per heavy atom. The quantitative estimate of drug-likeness (QED) is 0.631. The van der Waals surface area contributed by atoms with Gasteiger partial charge in [0.1, 0.15) is 0 Å². The number of hydrogen-bond acceptors (Lipinski definition) is 2. The Morgan fingerprint density at radius 2 is 1.04 bits per heavy atom. The summed E-state index contributed by atoms with van der Waals surface area (Å²) in [5.41, 5.74) is 6.73. The van der Waals surface area contributed by atoms with Crippen LogP contribution in [-0.4, -0.2) is 19.0 Å². The van der Waals surface area contributed by atoms with Gasteiger partial charge in [-0.3, -0.25) is 0 Å². The topological polar surface area (TPSA) is 27.0 Å². The highest BCUT2D eigenvalue weighted by atomic mass is 15.1. The molecule has 0 amide bonds. The monoisotopic (exact) mass is 326 g/mol. The largest absolute Gasteiger partial charge is 0.303 e. The number of nitrogens with zero attached hydrogens (tertiary/aromatic N) is 2. The van der Waals surface area contributed by atoms with Crippen molar-refractivity contribution in [1.82, 2.24) is 4.90 Å². The molecule has 3 rings (SSSR count). The zero-order chi connectivity index (χ0) is 17.8. The van der Waals surface area contributed by atoms with Crippen molar-refractivity contribution in [2.24, 2.45) is 0 Å². The maximum absolute atomic E-state index is 8.89. The van der Waals surface area contributed by atoms with E-state index in [4.69, 9.17) is 5.26 Å². The molecule has 0 saturated carbocycles. The number of nitriles is 1. The Kier molecular flexibility index (Phi) is 4.97. The third kappa shape index (κ3) is 3.79. The second kappa shape index (κ2) is 7.34. The average molecular weight is 326 g/mol. The highest BCUT2D eigenvalue weighted by Gasteiger charge is 2.07. The summed E-state index contributed by atoms with van der Waals surface area (Å²) >= 11 is 0. The van der Waals surface area contributed by atoms with E-state index in [0.29, 0.717) is 11.6 Å². The summed E-state index contributed by atoms with van der Waals surface area (Å²) < 4.78 is 0. The van der Waals surface area contributed by atoms with Gasteiger partial charge in [-0.2, -0.15) is 5.26 Å². The van der Waals surface area contributed by atoms with Crippen LogP contribution in [0.3, 0.4) is 0 Å². The molecule has 2 nitrogen and oxygen atoms in total. The second-order valence-corrected chi connectivity index (χ2v) is 6.53. The molecule has 3 aromatic carbocycles. The fourth-order valence-corrected chi connectivity index (χ4v) is 2.84. The predicted octanol–water partition coefficient (Wildman–Crippen LogP) is 5.51. The molecule has 0 aliphatic heterocycles. The van der Waals surface area contributed by atoms with Crippen molar-refractivity contribution < 1.29 is 0 Å². The molecular formula is C23H22N2. The molecule has 0 radical (unpaired) electrons. The van der Waals surface area contributed by atoms with Gasteiger partial charge in [0.15, 0.2) is 0 Å². The molecule has 3 aromatic rings. The van der Waals surface area contributed by atoms with E-state index >= 15 is 0 Å². The lowest BCUT2D eigenvalue weighted by Gasteiger charge is -2.20. The standard InChI is InChI=1S/C23H22N2/c1-17(25(2)3)19-8-10-21(11-9-19)23-14-12-22(13-15-23)20-6-4-18(16-24)5-7-20/h4-15,17H,1-3H3. The highest BCUT2D eigenvalue weighted by Crippen LogP contribution is 2.27. The molecule has 0 aliphatic carbocycles. The van der Waals surface area contributed by atoms with Crippen LogP contribution in [0.5, 0.6) is 0 Å². The van der Waals surface area contributed by atoms with Crippen LogP contribution in [0.1, 0.15) is 24.1 Å². The van der Waals surface area contributed by atoms with E-state index in [0.717, 1.165) is 11.1 Å². The molecule has 0 aliphatic rings. The molecule has 0 saturated heterocycles. The first-order chi connectivity index (χ1) is 12.1. The summed E-state index contributed by atoms with van der Waals surface area (Å²) in [6.07, 6.45) is 0. The molecule has 0 spiro atoms. The van der Waals surface area contributed by atoms with Crippen LogP contribution in [-0.2, 0) is 0 Å². The van der Waals surface area contributed by atoms with Crippen LogP contribution in [0.2, 0.25) is 0 Å². The summed E-state index contributed by atoms with van der Waals surface area (Å²) in [4.78, 5) is 2.21. The van der Waals surface area contributed by atoms with E-state index < -0.39 is 0 Å². The SMILES string of the molecule is CC(c1ccc(-c2ccc(-c3ccc(C#N)cc3)cc2)cc1)N(C)C. The maximum Gasteiger partial charge on any atom is 0.0991 e. The molecule has 25 heavy (non-hydrogen) atoms. The zero-order valence-electron chi connectivity index (χ0n) is 14.9. The molecule has 0 aromatic heterocycles. The zero-order valence-corrected chi connectivity index (χ0v) is 14.9. The molecule has 124 valence electrons. The third-order valence-corrected chi connectivity index (χ3v) is 4.73. The first-order valence-electron chi connectivity index (χ1n) is 8.46. The molecule has 0 fully saturated rings. The van der Waals surface area contributed by atoms with Crippen molar-refractivity contribution in [3.63, 3.8) is 0 Å². The van der Waals surface area contributed by atoms with Gasteiger partial charge in [0.05, 0.1) is 11.6 Å². The fraction of sp³-hybridized carbons (Fsp3) is 0.174. The van der Waals surface area contributed by atoms with E-state index in [9.17, 15) is 0 Å². The van der Waals surface area contributed by atoms with Gasteiger partial charge in [0.2, 0.25) is 0 Å². The minimum Gasteiger partial charge on any atom is -0.303 e. The third-order valence-electron chi connectivity index (χ3n) is 4.73. The average Bonchev–Trinajstić information content (AvgIpc) is 2.67. The Bertz CT molecular complexity index is 867. The van der Waals surface area contributed by atoms with E-state index in [1.54, 1.807) is 0 Å². The van der Waals surface area contributed by atoms with Crippen molar-refractivity contribution in [3.05, 3.63) is 83.9 Å². The summed E-state index contributed by atoms with van der Waals surface area (Å²) in [5.74, 6) is 0. The van der Waals surface area contributed by atoms with Gasteiger partial charge in [-0.15, -0.1) is 0 Å². The normalized spacial score (nSPS) is 12.0. The van der Waals surface area contributed by atoms with Crippen LogP contribution in [0.15, 0.2) is 72.8 Å². The van der Waals surface area contributed by atoms with Gasteiger partial charge < -0.3 is 4.90 Å². The first kappa shape index (κ1) is 17.0. The minimum absolute atomic E-state index is 0.410. The Balaban J connectivity index is 1.81. The lowest BCUT2D eigenvalue weighted by atomic mass is 9.98. The van der Waals surface area contributed by atoms with Gasteiger partial charge in [-0.05, 0) is 61.0 Å². The molecular weight excluding hydrogens is 304 g/mol. The lowest BCUT2D eigenvalue weighted by Crippen LogP contribution is -2.16. The van der Waals surface area contributed by atoms with Crippen LogP contribution in [0, 0.1) is 11.3 Å². The van der Waals surface area contributed by atoms with Gasteiger partial charge in [0, 0.05) is 6.04 Å². The van der Waals surface area contributed by atoms with Gasteiger partial charge in [-0.1, -0.05) is 60.7 Å². The summed E-state index contributed by atoms with van der Waals surface area (Å²) in [6.45, 7) is 2.21. The van der Waals surface area contributed by atoms with Crippen LogP contribution >= 0.6 is 0 Å². The fourth-order valence-electron chi connectivity index (χ4n) is 2.84. The molecule has 0 heterocycles. The van der Waals surface area contributed by atoms with Crippen molar-refractivity contribution in [3.8, 4) is 28.3 Å². The second-order valence-electron chi connectivity index (χ2n) is 6.53.